The average molecular weight is 294 g/mol. The minimum atomic E-state index is 0.0573. The zero-order valence-corrected chi connectivity index (χ0v) is 12.1. The molecule has 20 heavy (non-hydrogen) atoms. The Hall–Kier alpha value is -2.08. The van der Waals surface area contributed by atoms with Crippen LogP contribution in [0.15, 0.2) is 24.7 Å². The molecule has 0 aliphatic rings. The van der Waals surface area contributed by atoms with Crippen molar-refractivity contribution in [2.45, 2.75) is 26.5 Å². The van der Waals surface area contributed by atoms with Crippen LogP contribution in [0.1, 0.15) is 19.4 Å². The molecule has 0 aliphatic carbocycles. The van der Waals surface area contributed by atoms with E-state index in [1.54, 1.807) is 6.20 Å². The number of nitrogens with one attached hydrogen (secondary N) is 1. The van der Waals surface area contributed by atoms with Crippen LogP contribution >= 0.6 is 11.6 Å². The highest BCUT2D eigenvalue weighted by atomic mass is 35.5. The van der Waals surface area contributed by atoms with Crippen molar-refractivity contribution in [2.24, 2.45) is 0 Å². The molecule has 0 bridgehead atoms. The first kappa shape index (κ1) is 14.3. The van der Waals surface area contributed by atoms with Crippen LogP contribution in [0, 0.1) is 0 Å². The minimum Gasteiger partial charge on any atom is -0.475 e. The van der Waals surface area contributed by atoms with Crippen molar-refractivity contribution in [3.8, 4) is 5.88 Å². The summed E-state index contributed by atoms with van der Waals surface area (Å²) in [5, 5.41) is 3.41. The highest BCUT2D eigenvalue weighted by Gasteiger charge is 2.09. The number of nitrogens with zero attached hydrogens (tertiary/aromatic N) is 3. The molecule has 0 saturated heterocycles. The van der Waals surface area contributed by atoms with Crippen molar-refractivity contribution < 1.29 is 4.74 Å². The van der Waals surface area contributed by atoms with Gasteiger partial charge < -0.3 is 15.8 Å². The second kappa shape index (κ2) is 6.38. The number of nitrogen functional groups attached to an aromatic ring is 1. The van der Waals surface area contributed by atoms with Gasteiger partial charge in [-0.3, -0.25) is 0 Å². The molecule has 0 aliphatic heterocycles. The fourth-order valence-corrected chi connectivity index (χ4v) is 1.74. The molecule has 2 aromatic heterocycles. The number of hydrogen-bond acceptors (Lipinski definition) is 6. The van der Waals surface area contributed by atoms with Crippen molar-refractivity contribution in [3.05, 3.63) is 35.2 Å². The van der Waals surface area contributed by atoms with Crippen molar-refractivity contribution in [3.63, 3.8) is 0 Å². The lowest BCUT2D eigenvalue weighted by atomic mass is 10.2. The third kappa shape index (κ3) is 3.48. The van der Waals surface area contributed by atoms with Gasteiger partial charge in [0.2, 0.25) is 5.88 Å². The second-order valence-corrected chi connectivity index (χ2v) is 4.79. The molecule has 2 aromatic rings. The van der Waals surface area contributed by atoms with Crippen LogP contribution in [0.2, 0.25) is 5.02 Å². The predicted octanol–water partition coefficient (Wildman–Crippen LogP) is 2.51. The number of aromatic nitrogens is 3. The van der Waals surface area contributed by atoms with E-state index in [1.807, 2.05) is 26.0 Å². The van der Waals surface area contributed by atoms with E-state index in [0.29, 0.717) is 23.3 Å². The molecule has 0 fully saturated rings. The van der Waals surface area contributed by atoms with E-state index in [-0.39, 0.29) is 11.9 Å². The minimum absolute atomic E-state index is 0.0573. The number of pyridine rings is 1. The Morgan fingerprint density at radius 1 is 1.35 bits per heavy atom. The monoisotopic (exact) mass is 293 g/mol. The Morgan fingerprint density at radius 3 is 2.90 bits per heavy atom. The molecule has 0 atom stereocenters. The Bertz CT molecular complexity index is 591. The van der Waals surface area contributed by atoms with Gasteiger partial charge in [-0.05, 0) is 19.9 Å². The van der Waals surface area contributed by atoms with E-state index >= 15 is 0 Å². The lowest BCUT2D eigenvalue weighted by Crippen LogP contribution is -2.11. The summed E-state index contributed by atoms with van der Waals surface area (Å²) >= 11 is 6.02. The van der Waals surface area contributed by atoms with Gasteiger partial charge in [0.15, 0.2) is 5.82 Å². The van der Waals surface area contributed by atoms with Gasteiger partial charge in [0.1, 0.15) is 17.2 Å². The summed E-state index contributed by atoms with van der Waals surface area (Å²) in [5.74, 6) is 1.32. The Labute approximate surface area is 122 Å². The standard InChI is InChI=1S/C13H16ClN5O/c1-8(2)20-13-9(4-3-5-16-13)6-17-12-10(14)11(15)18-7-19-12/h3-5,7-8H,6H2,1-2H3,(H3,15,17,18,19). The van der Waals surface area contributed by atoms with Gasteiger partial charge in [-0.2, -0.15) is 0 Å². The third-order valence-corrected chi connectivity index (χ3v) is 2.83. The van der Waals surface area contributed by atoms with Gasteiger partial charge in [0, 0.05) is 18.3 Å². The van der Waals surface area contributed by atoms with Gasteiger partial charge in [-0.25, -0.2) is 15.0 Å². The van der Waals surface area contributed by atoms with E-state index < -0.39 is 0 Å². The first-order chi connectivity index (χ1) is 9.58. The highest BCUT2D eigenvalue weighted by Crippen LogP contribution is 2.24. The van der Waals surface area contributed by atoms with E-state index in [2.05, 4.69) is 20.3 Å². The molecule has 0 amide bonds. The van der Waals surface area contributed by atoms with Crippen LogP contribution in [0.4, 0.5) is 11.6 Å². The first-order valence-corrected chi connectivity index (χ1v) is 6.56. The lowest BCUT2D eigenvalue weighted by Gasteiger charge is -2.14. The lowest BCUT2D eigenvalue weighted by molar-refractivity contribution is 0.230. The third-order valence-electron chi connectivity index (χ3n) is 2.46. The van der Waals surface area contributed by atoms with E-state index in [9.17, 15) is 0 Å². The maximum absolute atomic E-state index is 6.02. The van der Waals surface area contributed by atoms with Crippen LogP contribution in [-0.4, -0.2) is 21.1 Å². The predicted molar refractivity (Wildman–Crippen MR) is 78.8 cm³/mol. The molecule has 106 valence electrons. The summed E-state index contributed by atoms with van der Waals surface area (Å²) in [6.45, 7) is 4.38. The number of rotatable bonds is 5. The first-order valence-electron chi connectivity index (χ1n) is 6.18. The number of nitrogens with two attached hydrogens (primary N) is 1. The van der Waals surface area contributed by atoms with Crippen LogP contribution in [-0.2, 0) is 6.54 Å². The summed E-state index contributed by atoms with van der Waals surface area (Å²) in [6, 6.07) is 3.77. The Kier molecular flexibility index (Phi) is 4.57. The molecule has 3 N–H and O–H groups in total. The van der Waals surface area contributed by atoms with Crippen LogP contribution in [0.3, 0.4) is 0 Å². The number of anilines is 2. The normalized spacial score (nSPS) is 10.6. The van der Waals surface area contributed by atoms with Crippen molar-refractivity contribution >= 4 is 23.2 Å². The number of halogens is 1. The fraction of sp³-hybridized carbons (Fsp3) is 0.308. The largest absolute Gasteiger partial charge is 0.475 e. The van der Waals surface area contributed by atoms with Gasteiger partial charge in [-0.1, -0.05) is 17.7 Å². The summed E-state index contributed by atoms with van der Waals surface area (Å²) in [7, 11) is 0. The second-order valence-electron chi connectivity index (χ2n) is 4.41. The molecule has 0 saturated carbocycles. The highest BCUT2D eigenvalue weighted by molar-refractivity contribution is 6.35. The number of ether oxygens (including phenoxy) is 1. The molecule has 2 heterocycles. The molecule has 0 unspecified atom stereocenters. The Balaban J connectivity index is 2.13. The molecule has 0 aromatic carbocycles. The molecule has 2 rings (SSSR count). The SMILES string of the molecule is CC(C)Oc1ncccc1CNc1ncnc(N)c1Cl. The van der Waals surface area contributed by atoms with E-state index in [1.165, 1.54) is 6.33 Å². The van der Waals surface area contributed by atoms with Gasteiger partial charge >= 0.3 is 0 Å². The van der Waals surface area contributed by atoms with Crippen molar-refractivity contribution in [1.82, 2.24) is 15.0 Å². The van der Waals surface area contributed by atoms with Crippen LogP contribution in [0.5, 0.6) is 5.88 Å². The average Bonchev–Trinajstić information content (AvgIpc) is 2.41. The molecular formula is C13H16ClN5O. The van der Waals surface area contributed by atoms with Crippen LogP contribution < -0.4 is 15.8 Å². The van der Waals surface area contributed by atoms with Gasteiger partial charge in [0.05, 0.1) is 6.10 Å². The van der Waals surface area contributed by atoms with Crippen LogP contribution in [0.25, 0.3) is 0 Å². The Morgan fingerprint density at radius 2 is 2.15 bits per heavy atom. The summed E-state index contributed by atoms with van der Waals surface area (Å²) in [6.07, 6.45) is 3.11. The van der Waals surface area contributed by atoms with Crippen molar-refractivity contribution in [2.75, 3.05) is 11.1 Å². The summed E-state index contributed by atoms with van der Waals surface area (Å²) in [4.78, 5) is 12.1. The number of hydrogen-bond donors (Lipinski definition) is 2. The van der Waals surface area contributed by atoms with E-state index in [4.69, 9.17) is 22.1 Å². The molecule has 0 radical (unpaired) electrons. The topological polar surface area (TPSA) is 86.0 Å². The zero-order valence-electron chi connectivity index (χ0n) is 11.3. The van der Waals surface area contributed by atoms with E-state index in [0.717, 1.165) is 5.56 Å². The summed E-state index contributed by atoms with van der Waals surface area (Å²) < 4.78 is 5.65. The van der Waals surface area contributed by atoms with Gasteiger partial charge in [0.25, 0.3) is 0 Å². The maximum Gasteiger partial charge on any atom is 0.218 e. The van der Waals surface area contributed by atoms with Gasteiger partial charge in [-0.15, -0.1) is 0 Å². The summed E-state index contributed by atoms with van der Waals surface area (Å²) in [5.41, 5.74) is 6.54. The molecule has 7 heteroatoms. The zero-order chi connectivity index (χ0) is 14.5. The maximum atomic E-state index is 6.02. The quantitative estimate of drug-likeness (QED) is 0.881. The van der Waals surface area contributed by atoms with Crippen molar-refractivity contribution in [1.29, 1.82) is 0 Å². The molecule has 0 spiro atoms. The fourth-order valence-electron chi connectivity index (χ4n) is 1.57. The smallest absolute Gasteiger partial charge is 0.218 e. The molecular weight excluding hydrogens is 278 g/mol. The molecule has 6 nitrogen and oxygen atoms in total.